The molecule has 0 atom stereocenters. The summed E-state index contributed by atoms with van der Waals surface area (Å²) < 4.78 is 32.8. The van der Waals surface area contributed by atoms with Crippen LogP contribution in [0.4, 0.5) is 29.7 Å². The summed E-state index contributed by atoms with van der Waals surface area (Å²) in [5.74, 6) is -1.51. The smallest absolute Gasteiger partial charge is 0.409 e. The van der Waals surface area contributed by atoms with Crippen LogP contribution in [-0.2, 0) is 4.74 Å². The van der Waals surface area contributed by atoms with E-state index in [0.717, 1.165) is 12.1 Å². The quantitative estimate of drug-likeness (QED) is 0.855. The van der Waals surface area contributed by atoms with Crippen LogP contribution in [-0.4, -0.2) is 56.9 Å². The van der Waals surface area contributed by atoms with Crippen LogP contribution in [0.25, 0.3) is 0 Å². The number of hydrogen-bond donors (Lipinski definition) is 2. The number of benzene rings is 1. The number of ether oxygens (including phenoxy) is 1. The van der Waals surface area contributed by atoms with Crippen LogP contribution in [0.2, 0.25) is 0 Å². The Kier molecular flexibility index (Phi) is 6.59. The summed E-state index contributed by atoms with van der Waals surface area (Å²) in [6.07, 6.45) is 0.797. The van der Waals surface area contributed by atoms with Gasteiger partial charge in [0.25, 0.3) is 0 Å². The molecule has 2 rings (SSSR count). The van der Waals surface area contributed by atoms with Crippen LogP contribution >= 0.6 is 0 Å². The summed E-state index contributed by atoms with van der Waals surface area (Å²) >= 11 is 0. The van der Waals surface area contributed by atoms with E-state index in [9.17, 15) is 18.4 Å². The van der Waals surface area contributed by atoms with Gasteiger partial charge in [-0.15, -0.1) is 0 Å². The summed E-state index contributed by atoms with van der Waals surface area (Å²) in [7, 11) is 3.06. The van der Waals surface area contributed by atoms with Gasteiger partial charge in [0.05, 0.1) is 6.61 Å². The molecule has 0 spiro atoms. The molecule has 0 unspecified atom stereocenters. The van der Waals surface area contributed by atoms with Crippen molar-refractivity contribution < 1.29 is 23.1 Å². The molecule has 0 aromatic heterocycles. The molecule has 2 N–H and O–H groups in total. The second-order valence-electron chi connectivity index (χ2n) is 6.24. The molecule has 26 heavy (non-hydrogen) atoms. The Balaban J connectivity index is 1.87. The van der Waals surface area contributed by atoms with E-state index in [0.29, 0.717) is 32.5 Å². The van der Waals surface area contributed by atoms with Crippen LogP contribution < -0.4 is 15.5 Å². The van der Waals surface area contributed by atoms with Crippen molar-refractivity contribution in [3.63, 3.8) is 0 Å². The van der Waals surface area contributed by atoms with Crippen molar-refractivity contribution in [3.8, 4) is 0 Å². The van der Waals surface area contributed by atoms with Crippen LogP contribution in [0.1, 0.15) is 19.8 Å². The highest BCUT2D eigenvalue weighted by Gasteiger charge is 2.24. The number of hydrogen-bond acceptors (Lipinski definition) is 4. The second kappa shape index (κ2) is 8.68. The third kappa shape index (κ3) is 4.96. The van der Waals surface area contributed by atoms with Crippen LogP contribution in [0.3, 0.4) is 0 Å². The highest BCUT2D eigenvalue weighted by molar-refractivity contribution is 5.89. The van der Waals surface area contributed by atoms with E-state index in [1.807, 2.05) is 0 Å². The van der Waals surface area contributed by atoms with Crippen molar-refractivity contribution in [1.82, 2.24) is 10.2 Å². The van der Waals surface area contributed by atoms with Gasteiger partial charge in [-0.05, 0) is 31.9 Å². The van der Waals surface area contributed by atoms with E-state index in [1.165, 1.54) is 19.0 Å². The normalized spacial score (nSPS) is 14.7. The van der Waals surface area contributed by atoms with Crippen LogP contribution in [0.5, 0.6) is 0 Å². The number of piperidine rings is 1. The summed E-state index contributed by atoms with van der Waals surface area (Å²) in [6.45, 7) is 3.02. The molecule has 0 saturated carbocycles. The first kappa shape index (κ1) is 19.7. The predicted octanol–water partition coefficient (Wildman–Crippen LogP) is 2.77. The average molecular weight is 370 g/mol. The molecule has 1 aromatic rings. The van der Waals surface area contributed by atoms with Gasteiger partial charge in [0.15, 0.2) is 11.6 Å². The molecule has 1 aliphatic heterocycles. The molecule has 1 heterocycles. The van der Waals surface area contributed by atoms with Gasteiger partial charge in [-0.25, -0.2) is 18.4 Å². The van der Waals surface area contributed by atoms with Gasteiger partial charge >= 0.3 is 12.1 Å². The molecule has 1 fully saturated rings. The molecule has 1 aromatic carbocycles. The number of carbonyl (C=O) groups excluding carboxylic acids is 2. The van der Waals surface area contributed by atoms with E-state index in [-0.39, 0.29) is 23.5 Å². The maximum atomic E-state index is 13.9. The first-order chi connectivity index (χ1) is 12.3. The number of urea groups is 1. The van der Waals surface area contributed by atoms with Crippen molar-refractivity contribution in [3.05, 3.63) is 23.8 Å². The fourth-order valence-corrected chi connectivity index (χ4v) is 2.84. The van der Waals surface area contributed by atoms with Crippen molar-refractivity contribution in [2.24, 2.45) is 0 Å². The number of likely N-dealkylation sites (tertiary alicyclic amines) is 1. The minimum atomic E-state index is -0.756. The Bertz CT molecular complexity index is 638. The Hall–Kier alpha value is -2.58. The SMILES string of the molecule is CCOC(=O)N1CCC(NC(=O)Nc2cc(F)c(N(C)C)c(F)c2)CC1. The predicted molar refractivity (Wildman–Crippen MR) is 94.5 cm³/mol. The second-order valence-corrected chi connectivity index (χ2v) is 6.24. The fourth-order valence-electron chi connectivity index (χ4n) is 2.84. The Morgan fingerprint density at radius 3 is 2.31 bits per heavy atom. The third-order valence-electron chi connectivity index (χ3n) is 4.08. The van der Waals surface area contributed by atoms with Gasteiger partial charge < -0.3 is 25.2 Å². The number of amides is 3. The zero-order valence-electron chi connectivity index (χ0n) is 15.1. The van der Waals surface area contributed by atoms with Crippen molar-refractivity contribution in [2.45, 2.75) is 25.8 Å². The Labute approximate surface area is 151 Å². The highest BCUT2D eigenvalue weighted by Crippen LogP contribution is 2.25. The number of nitrogens with zero attached hydrogens (tertiary/aromatic N) is 2. The van der Waals surface area contributed by atoms with Gasteiger partial charge in [-0.2, -0.15) is 0 Å². The fraction of sp³-hybridized carbons (Fsp3) is 0.529. The van der Waals surface area contributed by atoms with Crippen LogP contribution in [0, 0.1) is 11.6 Å². The first-order valence-corrected chi connectivity index (χ1v) is 8.47. The zero-order valence-corrected chi connectivity index (χ0v) is 15.1. The first-order valence-electron chi connectivity index (χ1n) is 8.47. The summed E-state index contributed by atoms with van der Waals surface area (Å²) in [4.78, 5) is 26.6. The number of anilines is 2. The van der Waals surface area contributed by atoms with E-state index < -0.39 is 17.7 Å². The molecular weight excluding hydrogens is 346 g/mol. The highest BCUT2D eigenvalue weighted by atomic mass is 19.1. The number of rotatable bonds is 4. The summed E-state index contributed by atoms with van der Waals surface area (Å²) in [6, 6.07) is 1.47. The van der Waals surface area contributed by atoms with Crippen molar-refractivity contribution in [1.29, 1.82) is 0 Å². The minimum absolute atomic E-state index is 0.0343. The number of carbonyl (C=O) groups is 2. The topological polar surface area (TPSA) is 73.9 Å². The molecule has 0 radical (unpaired) electrons. The largest absolute Gasteiger partial charge is 0.450 e. The van der Waals surface area contributed by atoms with Gasteiger partial charge in [0, 0.05) is 38.9 Å². The molecule has 3 amide bonds. The van der Waals surface area contributed by atoms with Gasteiger partial charge in [-0.3, -0.25) is 0 Å². The zero-order chi connectivity index (χ0) is 19.3. The number of nitrogens with one attached hydrogen (secondary N) is 2. The third-order valence-corrected chi connectivity index (χ3v) is 4.08. The molecule has 7 nitrogen and oxygen atoms in total. The lowest BCUT2D eigenvalue weighted by Gasteiger charge is -2.31. The molecule has 1 aliphatic rings. The van der Waals surface area contributed by atoms with Crippen molar-refractivity contribution >= 4 is 23.5 Å². The molecule has 144 valence electrons. The molecule has 0 bridgehead atoms. The monoisotopic (exact) mass is 370 g/mol. The van der Waals surface area contributed by atoms with Gasteiger partial charge in [0.1, 0.15) is 5.69 Å². The molecular formula is C17H24F2N4O3. The van der Waals surface area contributed by atoms with Gasteiger partial charge in [0.2, 0.25) is 0 Å². The maximum Gasteiger partial charge on any atom is 0.409 e. The van der Waals surface area contributed by atoms with Gasteiger partial charge in [-0.1, -0.05) is 0 Å². The Morgan fingerprint density at radius 2 is 1.81 bits per heavy atom. The average Bonchev–Trinajstić information content (AvgIpc) is 2.54. The van der Waals surface area contributed by atoms with E-state index in [4.69, 9.17) is 4.74 Å². The molecule has 1 saturated heterocycles. The summed E-state index contributed by atoms with van der Waals surface area (Å²) in [5.41, 5.74) is -0.130. The van der Waals surface area contributed by atoms with E-state index >= 15 is 0 Å². The minimum Gasteiger partial charge on any atom is -0.450 e. The van der Waals surface area contributed by atoms with E-state index in [2.05, 4.69) is 10.6 Å². The lowest BCUT2D eigenvalue weighted by Crippen LogP contribution is -2.47. The molecule has 0 aliphatic carbocycles. The Morgan fingerprint density at radius 1 is 1.23 bits per heavy atom. The van der Waals surface area contributed by atoms with Crippen LogP contribution in [0.15, 0.2) is 12.1 Å². The lowest BCUT2D eigenvalue weighted by molar-refractivity contribution is 0.0959. The van der Waals surface area contributed by atoms with E-state index in [1.54, 1.807) is 11.8 Å². The standard InChI is InChI=1S/C17H24F2N4O3/c1-4-26-17(25)23-7-5-11(6-8-23)20-16(24)21-12-9-13(18)15(22(2)3)14(19)10-12/h9-11H,4-8H2,1-3H3,(H2,20,21,24). The maximum absolute atomic E-state index is 13.9. The molecule has 9 heteroatoms. The van der Waals surface area contributed by atoms with Crippen molar-refractivity contribution in [2.75, 3.05) is 44.0 Å². The lowest BCUT2D eigenvalue weighted by atomic mass is 10.1. The summed E-state index contributed by atoms with van der Waals surface area (Å²) in [5, 5.41) is 5.19. The number of halogens is 2.